The number of pyridine rings is 1. The van der Waals surface area contributed by atoms with Crippen molar-refractivity contribution < 1.29 is 9.53 Å². The van der Waals surface area contributed by atoms with Gasteiger partial charge in [-0.25, -0.2) is 14.1 Å². The highest BCUT2D eigenvalue weighted by atomic mass is 32.2. The summed E-state index contributed by atoms with van der Waals surface area (Å²) in [6.45, 7) is 5.19. The van der Waals surface area contributed by atoms with Crippen molar-refractivity contribution in [1.29, 1.82) is 0 Å². The van der Waals surface area contributed by atoms with E-state index in [-0.39, 0.29) is 6.09 Å². The molecule has 3 rings (SSSR count). The molecule has 2 aromatic rings. The van der Waals surface area contributed by atoms with E-state index in [1.54, 1.807) is 4.90 Å². The molecule has 0 spiro atoms. The SMILES string of the molecule is CCOC(=O)N1CCN(SNc2ccc3ccccc3n2)CC1. The lowest BCUT2D eigenvalue weighted by molar-refractivity contribution is 0.0948. The topological polar surface area (TPSA) is 57.7 Å². The van der Waals surface area contributed by atoms with E-state index in [4.69, 9.17) is 4.74 Å². The third-order valence-corrected chi connectivity index (χ3v) is 4.57. The van der Waals surface area contributed by atoms with Gasteiger partial charge in [-0.05, 0) is 25.1 Å². The molecule has 0 radical (unpaired) electrons. The minimum atomic E-state index is -0.221. The van der Waals surface area contributed by atoms with E-state index in [0.29, 0.717) is 19.7 Å². The van der Waals surface area contributed by atoms with E-state index in [0.717, 1.165) is 29.8 Å². The van der Waals surface area contributed by atoms with Gasteiger partial charge < -0.3 is 14.4 Å². The van der Waals surface area contributed by atoms with Crippen molar-refractivity contribution in [3.63, 3.8) is 0 Å². The highest BCUT2D eigenvalue weighted by molar-refractivity contribution is 7.98. The highest BCUT2D eigenvalue weighted by Gasteiger charge is 2.22. The van der Waals surface area contributed by atoms with Gasteiger partial charge in [0.1, 0.15) is 5.82 Å². The molecular formula is C16H20N4O2S. The molecule has 1 aromatic carbocycles. The normalized spacial score (nSPS) is 15.6. The number of aromatic nitrogens is 1. The number of nitrogens with one attached hydrogen (secondary N) is 1. The molecule has 0 saturated carbocycles. The number of carbonyl (C=O) groups is 1. The van der Waals surface area contributed by atoms with Gasteiger partial charge in [-0.2, -0.15) is 0 Å². The summed E-state index contributed by atoms with van der Waals surface area (Å²) in [5, 5.41) is 1.13. The van der Waals surface area contributed by atoms with Crippen molar-refractivity contribution >= 4 is 34.9 Å². The molecule has 1 saturated heterocycles. The Bertz CT molecular complexity index is 674. The van der Waals surface area contributed by atoms with Crippen LogP contribution in [-0.2, 0) is 4.74 Å². The van der Waals surface area contributed by atoms with Crippen LogP contribution in [0.2, 0.25) is 0 Å². The lowest BCUT2D eigenvalue weighted by atomic mass is 10.2. The van der Waals surface area contributed by atoms with Gasteiger partial charge in [0, 0.05) is 43.7 Å². The number of para-hydroxylation sites is 1. The Hall–Kier alpha value is -1.99. The van der Waals surface area contributed by atoms with Crippen LogP contribution in [0, 0.1) is 0 Å². The van der Waals surface area contributed by atoms with Crippen molar-refractivity contribution in [1.82, 2.24) is 14.2 Å². The van der Waals surface area contributed by atoms with Crippen molar-refractivity contribution in [2.75, 3.05) is 37.5 Å². The number of hydrogen-bond acceptors (Lipinski definition) is 6. The van der Waals surface area contributed by atoms with Crippen molar-refractivity contribution in [3.8, 4) is 0 Å². The van der Waals surface area contributed by atoms with Gasteiger partial charge >= 0.3 is 6.09 Å². The molecule has 2 heterocycles. The first-order chi connectivity index (χ1) is 11.3. The molecule has 1 aliphatic rings. The van der Waals surface area contributed by atoms with Crippen molar-refractivity contribution in [2.24, 2.45) is 0 Å². The summed E-state index contributed by atoms with van der Waals surface area (Å²) in [5.74, 6) is 0.835. The van der Waals surface area contributed by atoms with Crippen molar-refractivity contribution in [2.45, 2.75) is 6.92 Å². The van der Waals surface area contributed by atoms with Crippen LogP contribution in [0.25, 0.3) is 10.9 Å². The molecule has 1 aliphatic heterocycles. The lowest BCUT2D eigenvalue weighted by Gasteiger charge is -2.32. The number of hydrogen-bond donors (Lipinski definition) is 1. The number of benzene rings is 1. The first kappa shape index (κ1) is 15.9. The second kappa shape index (κ2) is 7.52. The molecule has 7 heteroatoms. The fraction of sp³-hybridized carbons (Fsp3) is 0.375. The smallest absolute Gasteiger partial charge is 0.409 e. The summed E-state index contributed by atoms with van der Waals surface area (Å²) in [5.41, 5.74) is 0.977. The Morgan fingerprint density at radius 1 is 1.22 bits per heavy atom. The van der Waals surface area contributed by atoms with Crippen LogP contribution in [-0.4, -0.2) is 53.1 Å². The van der Waals surface area contributed by atoms with Crippen LogP contribution >= 0.6 is 12.1 Å². The monoisotopic (exact) mass is 332 g/mol. The average Bonchev–Trinajstić information content (AvgIpc) is 2.60. The molecule has 23 heavy (non-hydrogen) atoms. The summed E-state index contributed by atoms with van der Waals surface area (Å²) in [7, 11) is 0. The summed E-state index contributed by atoms with van der Waals surface area (Å²) in [4.78, 5) is 18.0. The largest absolute Gasteiger partial charge is 0.450 e. The molecule has 1 fully saturated rings. The Morgan fingerprint density at radius 3 is 2.78 bits per heavy atom. The molecule has 1 aromatic heterocycles. The summed E-state index contributed by atoms with van der Waals surface area (Å²) in [6, 6.07) is 12.1. The highest BCUT2D eigenvalue weighted by Crippen LogP contribution is 2.19. The predicted octanol–water partition coefficient (Wildman–Crippen LogP) is 2.98. The van der Waals surface area contributed by atoms with Crippen LogP contribution in [0.5, 0.6) is 0 Å². The van der Waals surface area contributed by atoms with Crippen LogP contribution in [0.15, 0.2) is 36.4 Å². The number of ether oxygens (including phenoxy) is 1. The standard InChI is InChI=1S/C16H20N4O2S/c1-2-22-16(21)19-9-11-20(12-10-19)23-18-15-8-7-13-5-3-4-6-14(13)17-15/h3-8H,2,9-12H2,1H3,(H,17,18). The van der Waals surface area contributed by atoms with Gasteiger partial charge in [-0.1, -0.05) is 18.2 Å². The molecule has 0 bridgehead atoms. The van der Waals surface area contributed by atoms with Gasteiger partial charge in [0.05, 0.1) is 12.1 Å². The third-order valence-electron chi connectivity index (χ3n) is 3.64. The number of carbonyl (C=O) groups excluding carboxylic acids is 1. The molecule has 0 atom stereocenters. The van der Waals surface area contributed by atoms with Crippen LogP contribution in [0.4, 0.5) is 10.6 Å². The number of nitrogens with zero attached hydrogens (tertiary/aromatic N) is 3. The lowest BCUT2D eigenvalue weighted by Crippen LogP contribution is -2.46. The van der Waals surface area contributed by atoms with Crippen LogP contribution < -0.4 is 4.72 Å². The molecule has 6 nitrogen and oxygen atoms in total. The van der Waals surface area contributed by atoms with E-state index in [1.165, 1.54) is 12.1 Å². The first-order valence-electron chi connectivity index (χ1n) is 7.71. The van der Waals surface area contributed by atoms with E-state index in [1.807, 2.05) is 37.3 Å². The third kappa shape index (κ3) is 4.05. The van der Waals surface area contributed by atoms with Gasteiger partial charge in [0.15, 0.2) is 0 Å². The summed E-state index contributed by atoms with van der Waals surface area (Å²) >= 11 is 1.53. The Balaban J connectivity index is 1.50. The average molecular weight is 332 g/mol. The Kier molecular flexibility index (Phi) is 5.19. The number of anilines is 1. The Labute approximate surface area is 140 Å². The number of fused-ring (bicyclic) bond motifs is 1. The van der Waals surface area contributed by atoms with Crippen molar-refractivity contribution in [3.05, 3.63) is 36.4 Å². The zero-order chi connectivity index (χ0) is 16.1. The second-order valence-corrected chi connectivity index (χ2v) is 6.10. The molecule has 0 aliphatic carbocycles. The zero-order valence-corrected chi connectivity index (χ0v) is 13.9. The van der Waals surface area contributed by atoms with E-state index >= 15 is 0 Å². The maximum atomic E-state index is 11.7. The maximum Gasteiger partial charge on any atom is 0.409 e. The van der Waals surface area contributed by atoms with Crippen LogP contribution in [0.3, 0.4) is 0 Å². The van der Waals surface area contributed by atoms with Gasteiger partial charge in [0.25, 0.3) is 0 Å². The molecule has 0 unspecified atom stereocenters. The minimum absolute atomic E-state index is 0.221. The van der Waals surface area contributed by atoms with Crippen LogP contribution in [0.1, 0.15) is 6.92 Å². The number of piperazine rings is 1. The first-order valence-corrected chi connectivity index (χ1v) is 8.49. The molecule has 122 valence electrons. The zero-order valence-electron chi connectivity index (χ0n) is 13.1. The molecule has 1 amide bonds. The second-order valence-electron chi connectivity index (χ2n) is 5.20. The predicted molar refractivity (Wildman–Crippen MR) is 93.1 cm³/mol. The fourth-order valence-corrected chi connectivity index (χ4v) is 3.09. The Morgan fingerprint density at radius 2 is 2.00 bits per heavy atom. The van der Waals surface area contributed by atoms with Gasteiger partial charge in [-0.3, -0.25) is 0 Å². The quantitative estimate of drug-likeness (QED) is 0.869. The number of rotatable bonds is 4. The molecule has 1 N–H and O–H groups in total. The van der Waals surface area contributed by atoms with E-state index in [9.17, 15) is 4.79 Å². The summed E-state index contributed by atoms with van der Waals surface area (Å²) in [6.07, 6.45) is -0.221. The fourth-order valence-electron chi connectivity index (χ4n) is 2.41. The number of amides is 1. The maximum absolute atomic E-state index is 11.7. The molecular weight excluding hydrogens is 312 g/mol. The summed E-state index contributed by atoms with van der Waals surface area (Å²) < 4.78 is 10.5. The van der Waals surface area contributed by atoms with E-state index in [2.05, 4.69) is 20.1 Å². The van der Waals surface area contributed by atoms with E-state index < -0.39 is 0 Å². The van der Waals surface area contributed by atoms with Gasteiger partial charge in [0.2, 0.25) is 0 Å². The minimum Gasteiger partial charge on any atom is -0.450 e. The van der Waals surface area contributed by atoms with Gasteiger partial charge in [-0.15, -0.1) is 0 Å².